The molecule has 24 heavy (non-hydrogen) atoms. The van der Waals surface area contributed by atoms with Crippen molar-refractivity contribution in [1.29, 1.82) is 0 Å². The fourth-order valence-corrected chi connectivity index (χ4v) is 3.69. The molecule has 1 aliphatic carbocycles. The second kappa shape index (κ2) is 7.89. The molecule has 1 saturated carbocycles. The quantitative estimate of drug-likeness (QED) is 0.654. The molecule has 1 fully saturated rings. The number of aliphatic hydroxyl groups is 1. The predicted octanol–water partition coefficient (Wildman–Crippen LogP) is 2.13. The van der Waals surface area contributed by atoms with E-state index >= 15 is 0 Å². The molecule has 5 heteroatoms. The minimum Gasteiger partial charge on any atom is -0.395 e. The van der Waals surface area contributed by atoms with Crippen molar-refractivity contribution in [2.45, 2.75) is 45.1 Å². The van der Waals surface area contributed by atoms with Gasteiger partial charge in [0.05, 0.1) is 12.2 Å². The molecule has 3 rings (SSSR count). The first kappa shape index (κ1) is 17.1. The number of aromatic nitrogens is 1. The molecule has 0 spiro atoms. The zero-order valence-electron chi connectivity index (χ0n) is 14.1. The number of aliphatic hydroxyl groups excluding tert-OH is 1. The van der Waals surface area contributed by atoms with Crippen molar-refractivity contribution in [3.63, 3.8) is 0 Å². The lowest BCUT2D eigenvalue weighted by Gasteiger charge is -2.14. The monoisotopic (exact) mass is 324 g/mol. The van der Waals surface area contributed by atoms with Crippen molar-refractivity contribution < 1.29 is 9.90 Å². The van der Waals surface area contributed by atoms with Crippen molar-refractivity contribution in [2.24, 2.45) is 5.92 Å². The van der Waals surface area contributed by atoms with Crippen LogP contribution >= 0.6 is 0 Å². The number of fused-ring (bicyclic) bond motifs is 1. The lowest BCUT2D eigenvalue weighted by atomic mass is 9.94. The number of nitrogens with zero attached hydrogens (tertiary/aromatic N) is 1. The molecule has 1 heterocycles. The van der Waals surface area contributed by atoms with E-state index in [0.717, 1.165) is 17.4 Å². The van der Waals surface area contributed by atoms with Gasteiger partial charge in [0, 0.05) is 30.2 Å². The zero-order valence-corrected chi connectivity index (χ0v) is 14.1. The van der Waals surface area contributed by atoms with Gasteiger partial charge in [-0.05, 0) is 24.8 Å². The summed E-state index contributed by atoms with van der Waals surface area (Å²) in [5.41, 5.74) is 2.21. The summed E-state index contributed by atoms with van der Waals surface area (Å²) in [5.74, 6) is 0.541. The first-order valence-electron chi connectivity index (χ1n) is 8.96. The Bertz CT molecular complexity index is 703. The largest absolute Gasteiger partial charge is 0.395 e. The third-order valence-electron chi connectivity index (χ3n) is 5.02. The number of hydrogen-bond donors (Lipinski definition) is 2. The maximum absolute atomic E-state index is 12.7. The van der Waals surface area contributed by atoms with Gasteiger partial charge in [-0.3, -0.25) is 4.79 Å². The van der Waals surface area contributed by atoms with Gasteiger partial charge in [-0.1, -0.05) is 43.3 Å². The molecule has 1 amide bonds. The van der Waals surface area contributed by atoms with Gasteiger partial charge in [-0.2, -0.15) is 0 Å². The highest BCUT2D eigenvalue weighted by Gasteiger charge is 2.17. The van der Waals surface area contributed by atoms with Crippen LogP contribution in [0.4, 0.5) is 0 Å². The molecular formula is C19H25BN2O2. The topological polar surface area (TPSA) is 54.3 Å². The van der Waals surface area contributed by atoms with Crippen LogP contribution in [0.2, 0.25) is 0 Å². The van der Waals surface area contributed by atoms with Gasteiger partial charge in [-0.15, -0.1) is 0 Å². The van der Waals surface area contributed by atoms with Gasteiger partial charge in [0.2, 0.25) is 0 Å². The molecule has 1 aromatic carbocycles. The highest BCUT2D eigenvalue weighted by Crippen LogP contribution is 2.23. The Hall–Kier alpha value is -1.75. The lowest BCUT2D eigenvalue weighted by molar-refractivity contribution is 0.0947. The van der Waals surface area contributed by atoms with E-state index in [9.17, 15) is 9.90 Å². The Kier molecular flexibility index (Phi) is 5.61. The number of hydrogen-bond acceptors (Lipinski definition) is 2. The smallest absolute Gasteiger partial charge is 0.253 e. The maximum Gasteiger partial charge on any atom is 0.253 e. The van der Waals surface area contributed by atoms with Crippen LogP contribution in [0.3, 0.4) is 0 Å². The van der Waals surface area contributed by atoms with E-state index in [4.69, 9.17) is 7.85 Å². The van der Waals surface area contributed by atoms with E-state index in [1.54, 1.807) is 0 Å². The normalized spacial score (nSPS) is 16.2. The minimum atomic E-state index is -0.0495. The summed E-state index contributed by atoms with van der Waals surface area (Å²) < 4.78 is 1.91. The van der Waals surface area contributed by atoms with Gasteiger partial charge < -0.3 is 15.0 Å². The molecule has 0 bridgehead atoms. The van der Waals surface area contributed by atoms with Crippen molar-refractivity contribution in [2.75, 3.05) is 13.2 Å². The zero-order chi connectivity index (χ0) is 16.9. The van der Waals surface area contributed by atoms with Crippen LogP contribution in [0.25, 0.3) is 10.9 Å². The highest BCUT2D eigenvalue weighted by molar-refractivity contribution is 6.33. The Morgan fingerprint density at radius 2 is 2.00 bits per heavy atom. The number of rotatable bonds is 5. The standard InChI is InChI=1S/C19H25BN2O2/c20-15-7-8-18-16(11-15)17(13-22(18)9-10-23)19(24)21-12-14-5-3-1-2-4-6-14/h7-8,11,13-14,23H,1-6,9-10,12H2,(H,21,24). The summed E-state index contributed by atoms with van der Waals surface area (Å²) in [4.78, 5) is 12.7. The molecular weight excluding hydrogens is 299 g/mol. The van der Waals surface area contributed by atoms with Crippen LogP contribution in [0.15, 0.2) is 24.4 Å². The van der Waals surface area contributed by atoms with Crippen LogP contribution < -0.4 is 10.8 Å². The SMILES string of the molecule is [B]c1ccc2c(c1)c(C(=O)NCC1CCCCCC1)cn2CCO. The molecule has 0 saturated heterocycles. The molecule has 126 valence electrons. The number of amides is 1. The van der Waals surface area contributed by atoms with Crippen LogP contribution in [0, 0.1) is 5.92 Å². The summed E-state index contributed by atoms with van der Waals surface area (Å²) in [5, 5.41) is 13.2. The third kappa shape index (κ3) is 3.83. The third-order valence-corrected chi connectivity index (χ3v) is 5.02. The van der Waals surface area contributed by atoms with E-state index in [-0.39, 0.29) is 12.5 Å². The van der Waals surface area contributed by atoms with E-state index in [1.165, 1.54) is 38.5 Å². The number of carbonyl (C=O) groups is 1. The molecule has 1 aromatic heterocycles. The molecule has 2 N–H and O–H groups in total. The Morgan fingerprint density at radius 3 is 2.71 bits per heavy atom. The van der Waals surface area contributed by atoms with Crippen molar-refractivity contribution in [3.8, 4) is 0 Å². The summed E-state index contributed by atoms with van der Waals surface area (Å²) in [6.07, 6.45) is 9.41. The van der Waals surface area contributed by atoms with E-state index in [2.05, 4.69) is 5.32 Å². The van der Waals surface area contributed by atoms with Gasteiger partial charge in [-0.25, -0.2) is 0 Å². The first-order valence-corrected chi connectivity index (χ1v) is 8.96. The van der Waals surface area contributed by atoms with Crippen LogP contribution in [0.1, 0.15) is 48.9 Å². The van der Waals surface area contributed by atoms with Crippen molar-refractivity contribution in [3.05, 3.63) is 30.0 Å². The average Bonchev–Trinajstić information content (AvgIpc) is 2.75. The van der Waals surface area contributed by atoms with Gasteiger partial charge >= 0.3 is 0 Å². The molecule has 4 nitrogen and oxygen atoms in total. The lowest BCUT2D eigenvalue weighted by Crippen LogP contribution is -2.29. The molecule has 0 aliphatic heterocycles. The van der Waals surface area contributed by atoms with Gasteiger partial charge in [0.15, 0.2) is 0 Å². The van der Waals surface area contributed by atoms with Crippen molar-refractivity contribution >= 4 is 30.1 Å². The van der Waals surface area contributed by atoms with E-state index in [1.807, 2.05) is 29.0 Å². The summed E-state index contributed by atoms with van der Waals surface area (Å²) >= 11 is 0. The molecule has 2 aromatic rings. The summed E-state index contributed by atoms with van der Waals surface area (Å²) in [6.45, 7) is 1.25. The first-order chi connectivity index (χ1) is 11.7. The highest BCUT2D eigenvalue weighted by atomic mass is 16.3. The molecule has 0 unspecified atom stereocenters. The fourth-order valence-electron chi connectivity index (χ4n) is 3.69. The number of nitrogens with one attached hydrogen (secondary N) is 1. The van der Waals surface area contributed by atoms with Gasteiger partial charge in [0.25, 0.3) is 5.91 Å². The van der Waals surface area contributed by atoms with Crippen LogP contribution in [0.5, 0.6) is 0 Å². The summed E-state index contributed by atoms with van der Waals surface area (Å²) in [6, 6.07) is 5.57. The molecule has 0 atom stereocenters. The number of carbonyl (C=O) groups excluding carboxylic acids is 1. The molecule has 1 aliphatic rings. The maximum atomic E-state index is 12.7. The molecule has 2 radical (unpaired) electrons. The Labute approximate surface area is 144 Å². The Morgan fingerprint density at radius 1 is 1.25 bits per heavy atom. The number of benzene rings is 1. The van der Waals surface area contributed by atoms with Crippen molar-refractivity contribution in [1.82, 2.24) is 9.88 Å². The average molecular weight is 324 g/mol. The van der Waals surface area contributed by atoms with E-state index < -0.39 is 0 Å². The van der Waals surface area contributed by atoms with Gasteiger partial charge in [0.1, 0.15) is 7.85 Å². The second-order valence-electron chi connectivity index (χ2n) is 6.80. The fraction of sp³-hybridized carbons (Fsp3) is 0.526. The Balaban J connectivity index is 1.77. The minimum absolute atomic E-state index is 0.0390. The second-order valence-corrected chi connectivity index (χ2v) is 6.80. The summed E-state index contributed by atoms with van der Waals surface area (Å²) in [7, 11) is 5.89. The van der Waals surface area contributed by atoms with Crippen LogP contribution in [-0.2, 0) is 6.54 Å². The predicted molar refractivity (Wildman–Crippen MR) is 97.9 cm³/mol. The van der Waals surface area contributed by atoms with Crippen LogP contribution in [-0.4, -0.2) is 36.6 Å². The van der Waals surface area contributed by atoms with E-state index in [0.29, 0.717) is 23.5 Å².